The average molecular weight is 420 g/mol. The van der Waals surface area contributed by atoms with Gasteiger partial charge in [-0.1, -0.05) is 42.5 Å². The average Bonchev–Trinajstić information content (AvgIpc) is 3.09. The lowest BCUT2D eigenvalue weighted by Gasteiger charge is -2.22. The Bertz CT molecular complexity index is 1130. The van der Waals surface area contributed by atoms with Gasteiger partial charge in [0.2, 0.25) is 0 Å². The van der Waals surface area contributed by atoms with Crippen LogP contribution in [0.1, 0.15) is 12.0 Å². The first-order chi connectivity index (χ1) is 14.8. The molecule has 152 valence electrons. The number of nitrogens with one attached hydrogen (secondary N) is 1. The molecule has 1 aliphatic rings. The predicted octanol–water partition coefficient (Wildman–Crippen LogP) is 3.79. The zero-order chi connectivity index (χ0) is 20.3. The van der Waals surface area contributed by atoms with Gasteiger partial charge in [0.25, 0.3) is 0 Å². The van der Waals surface area contributed by atoms with Crippen LogP contribution >= 0.6 is 11.3 Å². The van der Waals surface area contributed by atoms with Crippen LogP contribution in [0.15, 0.2) is 66.3 Å². The van der Waals surface area contributed by atoms with Crippen LogP contribution in [0.2, 0.25) is 0 Å². The largest absolute Gasteiger partial charge is 0.350 e. The summed E-state index contributed by atoms with van der Waals surface area (Å²) in [5.74, 6) is 0.872. The zero-order valence-corrected chi connectivity index (χ0v) is 17.5. The summed E-state index contributed by atoms with van der Waals surface area (Å²) in [6.45, 7) is 5.02. The highest BCUT2D eigenvalue weighted by atomic mass is 32.1. The van der Waals surface area contributed by atoms with Crippen molar-refractivity contribution in [3.63, 3.8) is 0 Å². The lowest BCUT2D eigenvalue weighted by Crippen LogP contribution is -3.11. The Hall–Kier alpha value is -2.83. The number of aromatic nitrogens is 2. The summed E-state index contributed by atoms with van der Waals surface area (Å²) >= 11 is 1.68. The third-order valence-corrected chi connectivity index (χ3v) is 6.68. The molecule has 3 heterocycles. The second-order valence-electron chi connectivity index (χ2n) is 7.79. The van der Waals surface area contributed by atoms with Crippen molar-refractivity contribution in [3.8, 4) is 11.1 Å². The monoisotopic (exact) mass is 419 g/mol. The first-order valence-corrected chi connectivity index (χ1v) is 11.3. The van der Waals surface area contributed by atoms with Gasteiger partial charge in [0.15, 0.2) is 0 Å². The predicted molar refractivity (Wildman–Crippen MR) is 120 cm³/mol. The van der Waals surface area contributed by atoms with Crippen LogP contribution in [0.5, 0.6) is 0 Å². The van der Waals surface area contributed by atoms with Crippen molar-refractivity contribution in [1.82, 2.24) is 9.97 Å². The fraction of sp³-hybridized carbons (Fsp3) is 0.250. The fourth-order valence-electron chi connectivity index (χ4n) is 4.26. The van der Waals surface area contributed by atoms with Crippen LogP contribution < -0.4 is 9.80 Å². The van der Waals surface area contributed by atoms with Crippen LogP contribution in [-0.4, -0.2) is 36.1 Å². The Labute approximate surface area is 179 Å². The molecular weight excluding hydrogens is 395 g/mol. The molecule has 0 saturated carbocycles. The van der Waals surface area contributed by atoms with Crippen LogP contribution in [-0.2, 0) is 6.54 Å². The molecule has 0 radical (unpaired) electrons. The minimum Gasteiger partial charge on any atom is -0.350 e. The highest BCUT2D eigenvalue weighted by molar-refractivity contribution is 7.17. The molecule has 0 bridgehead atoms. The summed E-state index contributed by atoms with van der Waals surface area (Å²) in [6.07, 6.45) is 2.80. The molecule has 2 aromatic heterocycles. The first kappa shape index (κ1) is 19.2. The number of quaternary nitrogens is 1. The third kappa shape index (κ3) is 3.93. The van der Waals surface area contributed by atoms with Gasteiger partial charge >= 0.3 is 0 Å². The summed E-state index contributed by atoms with van der Waals surface area (Å²) < 4.78 is 13.2. The number of halogens is 1. The lowest BCUT2D eigenvalue weighted by molar-refractivity contribution is -0.911. The molecule has 1 atom stereocenters. The topological polar surface area (TPSA) is 33.5 Å². The third-order valence-electron chi connectivity index (χ3n) is 5.80. The number of fused-ring (bicyclic) bond motifs is 1. The van der Waals surface area contributed by atoms with Gasteiger partial charge in [0.05, 0.1) is 25.0 Å². The normalized spacial score (nSPS) is 17.2. The van der Waals surface area contributed by atoms with Gasteiger partial charge in [-0.3, -0.25) is 0 Å². The van der Waals surface area contributed by atoms with E-state index >= 15 is 0 Å². The SMILES string of the molecule is Fc1ccc(C[NH+]2CCCN(c3ncnc4scc(-c5ccccc5)c34)CC2)cc1. The number of hydrogen-bond acceptors (Lipinski definition) is 4. The smallest absolute Gasteiger partial charge is 0.141 e. The molecule has 1 N–H and O–H groups in total. The van der Waals surface area contributed by atoms with E-state index in [4.69, 9.17) is 4.98 Å². The van der Waals surface area contributed by atoms with Gasteiger partial charge in [0, 0.05) is 29.5 Å². The number of nitrogens with zero attached hydrogens (tertiary/aromatic N) is 3. The minimum atomic E-state index is -0.173. The van der Waals surface area contributed by atoms with E-state index in [2.05, 4.69) is 39.5 Å². The van der Waals surface area contributed by atoms with E-state index in [1.165, 1.54) is 21.6 Å². The Morgan fingerprint density at radius 3 is 2.63 bits per heavy atom. The summed E-state index contributed by atoms with van der Waals surface area (Å²) in [5, 5.41) is 3.36. The minimum absolute atomic E-state index is 0.173. The van der Waals surface area contributed by atoms with Crippen molar-refractivity contribution in [2.75, 3.05) is 31.1 Å². The van der Waals surface area contributed by atoms with E-state index in [1.807, 2.05) is 18.2 Å². The molecule has 4 nitrogen and oxygen atoms in total. The molecule has 0 aliphatic carbocycles. The van der Waals surface area contributed by atoms with E-state index in [-0.39, 0.29) is 5.82 Å². The van der Waals surface area contributed by atoms with Gasteiger partial charge in [-0.05, 0) is 17.7 Å². The molecule has 30 heavy (non-hydrogen) atoms. The van der Waals surface area contributed by atoms with Crippen molar-refractivity contribution in [2.24, 2.45) is 0 Å². The maximum absolute atomic E-state index is 13.2. The quantitative estimate of drug-likeness (QED) is 0.546. The summed E-state index contributed by atoms with van der Waals surface area (Å²) in [4.78, 5) is 14.2. The highest BCUT2D eigenvalue weighted by Crippen LogP contribution is 2.37. The summed E-state index contributed by atoms with van der Waals surface area (Å²) in [5.41, 5.74) is 3.61. The molecule has 4 aromatic rings. The fourth-order valence-corrected chi connectivity index (χ4v) is 5.17. The maximum atomic E-state index is 13.2. The molecule has 0 spiro atoms. The molecule has 6 heteroatoms. The van der Waals surface area contributed by atoms with E-state index in [0.29, 0.717) is 0 Å². The van der Waals surface area contributed by atoms with Crippen molar-refractivity contribution in [3.05, 3.63) is 77.7 Å². The first-order valence-electron chi connectivity index (χ1n) is 10.4. The van der Waals surface area contributed by atoms with Gasteiger partial charge in [-0.15, -0.1) is 11.3 Å². The molecule has 0 amide bonds. The lowest BCUT2D eigenvalue weighted by atomic mass is 10.1. The second kappa shape index (κ2) is 8.50. The van der Waals surface area contributed by atoms with Gasteiger partial charge < -0.3 is 9.80 Å². The van der Waals surface area contributed by atoms with Crippen LogP contribution in [0.4, 0.5) is 10.2 Å². The van der Waals surface area contributed by atoms with Crippen LogP contribution in [0.3, 0.4) is 0 Å². The van der Waals surface area contributed by atoms with Gasteiger partial charge in [-0.25, -0.2) is 14.4 Å². The number of benzene rings is 2. The molecule has 2 aromatic carbocycles. The maximum Gasteiger partial charge on any atom is 0.141 e. The Balaban J connectivity index is 1.39. The van der Waals surface area contributed by atoms with Crippen LogP contribution in [0.25, 0.3) is 21.3 Å². The molecule has 5 rings (SSSR count). The summed E-state index contributed by atoms with van der Waals surface area (Å²) in [6, 6.07) is 17.4. The van der Waals surface area contributed by atoms with E-state index in [1.54, 1.807) is 29.8 Å². The molecule has 1 saturated heterocycles. The van der Waals surface area contributed by atoms with Crippen LogP contribution in [0, 0.1) is 5.82 Å². The molecule has 1 unspecified atom stereocenters. The number of hydrogen-bond donors (Lipinski definition) is 1. The number of anilines is 1. The zero-order valence-electron chi connectivity index (χ0n) is 16.7. The summed E-state index contributed by atoms with van der Waals surface area (Å²) in [7, 11) is 0. The molecule has 1 aliphatic heterocycles. The molecule has 1 fully saturated rings. The standard InChI is InChI=1S/C24H23FN4S/c25-20-9-7-18(8-10-20)15-28-11-4-12-29(14-13-28)23-22-21(19-5-2-1-3-6-19)16-30-24(22)27-17-26-23/h1-3,5-10,16-17H,4,11-15H2/p+1. The van der Waals surface area contributed by atoms with Crippen molar-refractivity contribution >= 4 is 27.4 Å². The van der Waals surface area contributed by atoms with Crippen molar-refractivity contribution in [1.29, 1.82) is 0 Å². The van der Waals surface area contributed by atoms with Crippen molar-refractivity contribution < 1.29 is 9.29 Å². The Morgan fingerprint density at radius 1 is 0.967 bits per heavy atom. The van der Waals surface area contributed by atoms with Gasteiger partial charge in [0.1, 0.15) is 29.3 Å². The Morgan fingerprint density at radius 2 is 1.80 bits per heavy atom. The second-order valence-corrected chi connectivity index (χ2v) is 8.64. The van der Waals surface area contributed by atoms with E-state index < -0.39 is 0 Å². The van der Waals surface area contributed by atoms with E-state index in [0.717, 1.165) is 55.2 Å². The Kier molecular flexibility index (Phi) is 5.43. The number of thiophene rings is 1. The number of rotatable bonds is 4. The van der Waals surface area contributed by atoms with Gasteiger partial charge in [-0.2, -0.15) is 0 Å². The van der Waals surface area contributed by atoms with E-state index in [9.17, 15) is 4.39 Å². The van der Waals surface area contributed by atoms with Crippen molar-refractivity contribution in [2.45, 2.75) is 13.0 Å². The highest BCUT2D eigenvalue weighted by Gasteiger charge is 2.22. The molecular formula is C24H24FN4S+.